The smallest absolute Gasteiger partial charge is 0.0797 e. The molecule has 1 N–H and O–H groups in total. The van der Waals surface area contributed by atoms with Crippen molar-refractivity contribution in [1.82, 2.24) is 14.9 Å². The molecule has 2 rings (SSSR count). The first-order valence-electron chi connectivity index (χ1n) is 6.90. The van der Waals surface area contributed by atoms with Crippen LogP contribution in [0.5, 0.6) is 0 Å². The van der Waals surface area contributed by atoms with Gasteiger partial charge in [0.1, 0.15) is 0 Å². The maximum atomic E-state index is 4.30. The number of thiazole rings is 1. The van der Waals surface area contributed by atoms with E-state index in [4.69, 9.17) is 0 Å². The molecule has 4 heteroatoms. The lowest BCUT2D eigenvalue weighted by Crippen LogP contribution is -2.21. The van der Waals surface area contributed by atoms with Crippen molar-refractivity contribution >= 4 is 11.3 Å². The molecule has 0 saturated carbocycles. The quantitative estimate of drug-likeness (QED) is 0.842. The largest absolute Gasteiger partial charge is 0.350 e. The standard InChI is InChI=1S/C15H23N3S/c1-12(2)9-16-10-14-5-4-7-18(14)8-6-15-13(3)17-11-19-15/h4-5,7,11-12,16H,6,8-10H2,1-3H3. The fourth-order valence-electron chi connectivity index (χ4n) is 2.11. The predicted octanol–water partition coefficient (Wildman–Crippen LogP) is 3.24. The summed E-state index contributed by atoms with van der Waals surface area (Å²) < 4.78 is 2.34. The maximum absolute atomic E-state index is 4.30. The first kappa shape index (κ1) is 14.3. The number of aromatic nitrogens is 2. The summed E-state index contributed by atoms with van der Waals surface area (Å²) in [7, 11) is 0. The van der Waals surface area contributed by atoms with Crippen molar-refractivity contribution in [3.05, 3.63) is 40.1 Å². The van der Waals surface area contributed by atoms with Crippen molar-refractivity contribution in [3.63, 3.8) is 0 Å². The van der Waals surface area contributed by atoms with E-state index in [0.717, 1.165) is 26.1 Å². The van der Waals surface area contributed by atoms with Crippen molar-refractivity contribution in [2.24, 2.45) is 5.92 Å². The lowest BCUT2D eigenvalue weighted by atomic mass is 10.2. The van der Waals surface area contributed by atoms with E-state index in [1.54, 1.807) is 11.3 Å². The maximum Gasteiger partial charge on any atom is 0.0797 e. The van der Waals surface area contributed by atoms with Crippen LogP contribution >= 0.6 is 11.3 Å². The Morgan fingerprint density at radius 3 is 2.95 bits per heavy atom. The normalized spacial score (nSPS) is 11.4. The van der Waals surface area contributed by atoms with Crippen molar-refractivity contribution in [3.8, 4) is 0 Å². The molecular weight excluding hydrogens is 254 g/mol. The topological polar surface area (TPSA) is 29.9 Å². The van der Waals surface area contributed by atoms with Crippen LogP contribution in [0, 0.1) is 12.8 Å². The summed E-state index contributed by atoms with van der Waals surface area (Å²) in [6, 6.07) is 4.33. The van der Waals surface area contributed by atoms with E-state index in [2.05, 4.69) is 54.0 Å². The summed E-state index contributed by atoms with van der Waals surface area (Å²) in [5.41, 5.74) is 4.48. The number of rotatable bonds is 7. The second-order valence-electron chi connectivity index (χ2n) is 5.33. The highest BCUT2D eigenvalue weighted by Gasteiger charge is 2.04. The van der Waals surface area contributed by atoms with Crippen LogP contribution in [0.2, 0.25) is 0 Å². The zero-order valence-electron chi connectivity index (χ0n) is 12.0. The average Bonchev–Trinajstić information content (AvgIpc) is 2.95. The van der Waals surface area contributed by atoms with Crippen LogP contribution in [0.3, 0.4) is 0 Å². The number of hydrogen-bond donors (Lipinski definition) is 1. The monoisotopic (exact) mass is 277 g/mol. The highest BCUT2D eigenvalue weighted by atomic mass is 32.1. The lowest BCUT2D eigenvalue weighted by molar-refractivity contribution is 0.534. The molecule has 2 aromatic rings. The van der Waals surface area contributed by atoms with Gasteiger partial charge in [0.05, 0.1) is 11.2 Å². The highest BCUT2D eigenvalue weighted by molar-refractivity contribution is 7.09. The van der Waals surface area contributed by atoms with Crippen LogP contribution < -0.4 is 5.32 Å². The fraction of sp³-hybridized carbons (Fsp3) is 0.533. The first-order valence-corrected chi connectivity index (χ1v) is 7.78. The van der Waals surface area contributed by atoms with Gasteiger partial charge in [0.25, 0.3) is 0 Å². The number of aryl methyl sites for hydroxylation is 3. The molecule has 104 valence electrons. The van der Waals surface area contributed by atoms with E-state index in [-0.39, 0.29) is 0 Å². The molecule has 0 spiro atoms. The summed E-state index contributed by atoms with van der Waals surface area (Å²) in [6.45, 7) is 9.62. The molecule has 3 nitrogen and oxygen atoms in total. The predicted molar refractivity (Wildman–Crippen MR) is 81.5 cm³/mol. The van der Waals surface area contributed by atoms with Gasteiger partial charge in [-0.1, -0.05) is 13.8 Å². The van der Waals surface area contributed by atoms with Crippen LogP contribution in [-0.4, -0.2) is 16.1 Å². The van der Waals surface area contributed by atoms with E-state index < -0.39 is 0 Å². The van der Waals surface area contributed by atoms with Crippen LogP contribution in [0.4, 0.5) is 0 Å². The van der Waals surface area contributed by atoms with Crippen LogP contribution in [0.25, 0.3) is 0 Å². The summed E-state index contributed by atoms with van der Waals surface area (Å²) in [5.74, 6) is 0.697. The molecule has 0 saturated heterocycles. The molecule has 0 radical (unpaired) electrons. The van der Waals surface area contributed by atoms with E-state index in [1.807, 2.05) is 5.51 Å². The van der Waals surface area contributed by atoms with Crippen molar-refractivity contribution < 1.29 is 0 Å². The lowest BCUT2D eigenvalue weighted by Gasteiger charge is -2.11. The van der Waals surface area contributed by atoms with Gasteiger partial charge < -0.3 is 9.88 Å². The molecule has 2 heterocycles. The summed E-state index contributed by atoms with van der Waals surface area (Å²) in [5, 5.41) is 3.50. The Balaban J connectivity index is 1.87. The molecule has 0 bridgehead atoms. The third-order valence-corrected chi connectivity index (χ3v) is 4.20. The third kappa shape index (κ3) is 4.18. The van der Waals surface area contributed by atoms with Gasteiger partial charge in [-0.2, -0.15) is 0 Å². The zero-order valence-corrected chi connectivity index (χ0v) is 12.8. The molecule has 19 heavy (non-hydrogen) atoms. The van der Waals surface area contributed by atoms with Crippen LogP contribution in [0.1, 0.15) is 30.1 Å². The van der Waals surface area contributed by atoms with Gasteiger partial charge in [0.15, 0.2) is 0 Å². The van der Waals surface area contributed by atoms with Gasteiger partial charge in [0, 0.05) is 36.3 Å². The first-order chi connectivity index (χ1) is 9.16. The Hall–Kier alpha value is -1.13. The van der Waals surface area contributed by atoms with Gasteiger partial charge in [-0.05, 0) is 31.5 Å². The molecule has 0 aliphatic carbocycles. The summed E-state index contributed by atoms with van der Waals surface area (Å²) in [4.78, 5) is 5.70. The Morgan fingerprint density at radius 2 is 2.26 bits per heavy atom. The van der Waals surface area contributed by atoms with Crippen LogP contribution in [0.15, 0.2) is 23.8 Å². The molecular formula is C15H23N3S. The van der Waals surface area contributed by atoms with Crippen molar-refractivity contribution in [2.75, 3.05) is 6.54 Å². The van der Waals surface area contributed by atoms with Gasteiger partial charge in [-0.25, -0.2) is 4.98 Å². The second-order valence-corrected chi connectivity index (χ2v) is 6.27. The van der Waals surface area contributed by atoms with Gasteiger partial charge >= 0.3 is 0 Å². The molecule has 0 fully saturated rings. The minimum atomic E-state index is 0.697. The number of nitrogens with one attached hydrogen (secondary N) is 1. The molecule has 0 aromatic carbocycles. The van der Waals surface area contributed by atoms with E-state index in [9.17, 15) is 0 Å². The molecule has 2 aromatic heterocycles. The molecule has 0 aliphatic rings. The zero-order chi connectivity index (χ0) is 13.7. The third-order valence-electron chi connectivity index (χ3n) is 3.21. The number of hydrogen-bond acceptors (Lipinski definition) is 3. The summed E-state index contributed by atoms with van der Waals surface area (Å²) >= 11 is 1.76. The molecule has 0 atom stereocenters. The average molecular weight is 277 g/mol. The van der Waals surface area contributed by atoms with Gasteiger partial charge in [-0.15, -0.1) is 11.3 Å². The fourth-order valence-corrected chi connectivity index (χ4v) is 2.88. The second kappa shape index (κ2) is 6.87. The molecule has 0 unspecified atom stereocenters. The Kier molecular flexibility index (Phi) is 5.16. The van der Waals surface area contributed by atoms with E-state index >= 15 is 0 Å². The van der Waals surface area contributed by atoms with E-state index in [1.165, 1.54) is 16.3 Å². The minimum absolute atomic E-state index is 0.697. The van der Waals surface area contributed by atoms with E-state index in [0.29, 0.717) is 5.92 Å². The van der Waals surface area contributed by atoms with Gasteiger partial charge in [0.2, 0.25) is 0 Å². The van der Waals surface area contributed by atoms with Gasteiger partial charge in [-0.3, -0.25) is 0 Å². The Bertz CT molecular complexity index is 499. The minimum Gasteiger partial charge on any atom is -0.350 e. The molecule has 0 aliphatic heterocycles. The number of nitrogens with zero attached hydrogens (tertiary/aromatic N) is 2. The van der Waals surface area contributed by atoms with Crippen LogP contribution in [-0.2, 0) is 19.5 Å². The summed E-state index contributed by atoms with van der Waals surface area (Å²) in [6.07, 6.45) is 3.24. The van der Waals surface area contributed by atoms with Crippen molar-refractivity contribution in [1.29, 1.82) is 0 Å². The Morgan fingerprint density at radius 1 is 1.42 bits per heavy atom. The Labute approximate surface area is 119 Å². The van der Waals surface area contributed by atoms with Crippen molar-refractivity contribution in [2.45, 2.75) is 40.3 Å². The highest BCUT2D eigenvalue weighted by Crippen LogP contribution is 2.14. The SMILES string of the molecule is Cc1ncsc1CCn1cccc1CNCC(C)C. The molecule has 0 amide bonds.